The Bertz CT molecular complexity index is 677. The van der Waals surface area contributed by atoms with Crippen molar-refractivity contribution < 1.29 is 0 Å². The molecule has 0 saturated heterocycles. The summed E-state index contributed by atoms with van der Waals surface area (Å²) in [5, 5.41) is 1.05. The van der Waals surface area contributed by atoms with Gasteiger partial charge in [-0.2, -0.15) is 0 Å². The fraction of sp³-hybridized carbons (Fsp3) is 0.133. The van der Waals surface area contributed by atoms with Crippen LogP contribution in [0.1, 0.15) is 5.69 Å². The standard InChI is InChI=1S/C15H14N4/c1-19(11-13-6-2-3-7-17-13)14-10-16-9-12-5-4-8-18-15(12)14/h2-10H,11H2,1H3. The van der Waals surface area contributed by atoms with Gasteiger partial charge in [-0.25, -0.2) is 0 Å². The van der Waals surface area contributed by atoms with E-state index in [4.69, 9.17) is 0 Å². The van der Waals surface area contributed by atoms with Crippen LogP contribution in [-0.4, -0.2) is 22.0 Å². The summed E-state index contributed by atoms with van der Waals surface area (Å²) in [6, 6.07) is 9.88. The Labute approximate surface area is 111 Å². The first-order valence-corrected chi connectivity index (χ1v) is 6.14. The summed E-state index contributed by atoms with van der Waals surface area (Å²) in [6.07, 6.45) is 7.29. The number of rotatable bonds is 3. The molecular formula is C15H14N4. The van der Waals surface area contributed by atoms with Crippen LogP contribution in [0.4, 0.5) is 5.69 Å². The van der Waals surface area contributed by atoms with Gasteiger partial charge in [0.15, 0.2) is 0 Å². The number of nitrogens with zero attached hydrogens (tertiary/aromatic N) is 4. The molecule has 0 aliphatic heterocycles. The highest BCUT2D eigenvalue weighted by Crippen LogP contribution is 2.23. The Balaban J connectivity index is 1.96. The topological polar surface area (TPSA) is 41.9 Å². The molecule has 0 spiro atoms. The highest BCUT2D eigenvalue weighted by molar-refractivity contribution is 5.89. The Morgan fingerprint density at radius 1 is 1.00 bits per heavy atom. The second kappa shape index (κ2) is 5.02. The number of pyridine rings is 3. The van der Waals surface area contributed by atoms with Crippen molar-refractivity contribution in [1.29, 1.82) is 0 Å². The molecule has 0 aromatic carbocycles. The minimum absolute atomic E-state index is 0.734. The van der Waals surface area contributed by atoms with Crippen LogP contribution in [0.15, 0.2) is 55.1 Å². The molecule has 0 N–H and O–H groups in total. The Hall–Kier alpha value is -2.49. The largest absolute Gasteiger partial charge is 0.366 e. The monoisotopic (exact) mass is 250 g/mol. The van der Waals surface area contributed by atoms with E-state index < -0.39 is 0 Å². The molecule has 3 rings (SSSR count). The van der Waals surface area contributed by atoms with Crippen molar-refractivity contribution in [3.63, 3.8) is 0 Å². The van der Waals surface area contributed by atoms with Gasteiger partial charge in [-0.15, -0.1) is 0 Å². The van der Waals surface area contributed by atoms with Gasteiger partial charge >= 0.3 is 0 Å². The van der Waals surface area contributed by atoms with Gasteiger partial charge < -0.3 is 4.90 Å². The van der Waals surface area contributed by atoms with E-state index in [1.165, 1.54) is 0 Å². The van der Waals surface area contributed by atoms with E-state index in [2.05, 4.69) is 19.9 Å². The van der Waals surface area contributed by atoms with E-state index in [0.717, 1.165) is 28.8 Å². The average Bonchev–Trinajstić information content (AvgIpc) is 2.47. The maximum atomic E-state index is 4.44. The fourth-order valence-corrected chi connectivity index (χ4v) is 2.08. The quantitative estimate of drug-likeness (QED) is 0.716. The third-order valence-corrected chi connectivity index (χ3v) is 3.03. The van der Waals surface area contributed by atoms with Crippen LogP contribution in [-0.2, 0) is 6.54 Å². The lowest BCUT2D eigenvalue weighted by Gasteiger charge is -2.19. The van der Waals surface area contributed by atoms with E-state index in [9.17, 15) is 0 Å². The van der Waals surface area contributed by atoms with E-state index in [-0.39, 0.29) is 0 Å². The van der Waals surface area contributed by atoms with Gasteiger partial charge in [0.05, 0.1) is 29.6 Å². The van der Waals surface area contributed by atoms with Gasteiger partial charge in [0.25, 0.3) is 0 Å². The molecule has 0 amide bonds. The maximum absolute atomic E-state index is 4.44. The first-order chi connectivity index (χ1) is 9.34. The normalized spacial score (nSPS) is 10.6. The number of hydrogen-bond acceptors (Lipinski definition) is 4. The zero-order chi connectivity index (χ0) is 13.1. The molecular weight excluding hydrogens is 236 g/mol. The van der Waals surface area contributed by atoms with Crippen LogP contribution < -0.4 is 4.90 Å². The van der Waals surface area contributed by atoms with Gasteiger partial charge in [-0.1, -0.05) is 6.07 Å². The first kappa shape index (κ1) is 11.6. The summed E-state index contributed by atoms with van der Waals surface area (Å²) in [5.41, 5.74) is 3.01. The van der Waals surface area contributed by atoms with Crippen LogP contribution in [0.2, 0.25) is 0 Å². The highest BCUT2D eigenvalue weighted by Gasteiger charge is 2.08. The molecule has 0 atom stereocenters. The zero-order valence-electron chi connectivity index (χ0n) is 10.7. The second-order valence-electron chi connectivity index (χ2n) is 4.41. The molecule has 0 unspecified atom stereocenters. The van der Waals surface area contributed by atoms with E-state index in [1.807, 2.05) is 56.0 Å². The molecule has 0 aliphatic rings. The molecule has 0 saturated carbocycles. The molecule has 19 heavy (non-hydrogen) atoms. The average molecular weight is 250 g/mol. The second-order valence-corrected chi connectivity index (χ2v) is 4.41. The van der Waals surface area contributed by atoms with Crippen LogP contribution in [0, 0.1) is 0 Å². The molecule has 3 heterocycles. The predicted molar refractivity (Wildman–Crippen MR) is 75.9 cm³/mol. The van der Waals surface area contributed by atoms with Gasteiger partial charge in [-0.05, 0) is 24.3 Å². The van der Waals surface area contributed by atoms with Crippen molar-refractivity contribution in [2.75, 3.05) is 11.9 Å². The minimum Gasteiger partial charge on any atom is -0.366 e. The van der Waals surface area contributed by atoms with Crippen molar-refractivity contribution in [3.05, 3.63) is 60.8 Å². The number of hydrogen-bond donors (Lipinski definition) is 0. The number of fused-ring (bicyclic) bond motifs is 1. The summed E-state index contributed by atoms with van der Waals surface area (Å²) in [4.78, 5) is 15.2. The first-order valence-electron chi connectivity index (χ1n) is 6.14. The van der Waals surface area contributed by atoms with Crippen molar-refractivity contribution in [1.82, 2.24) is 15.0 Å². The zero-order valence-corrected chi connectivity index (χ0v) is 10.7. The molecule has 4 heteroatoms. The van der Waals surface area contributed by atoms with E-state index in [0.29, 0.717) is 0 Å². The van der Waals surface area contributed by atoms with Crippen molar-refractivity contribution in [2.24, 2.45) is 0 Å². The third kappa shape index (κ3) is 2.38. The molecule has 0 fully saturated rings. The lowest BCUT2D eigenvalue weighted by atomic mass is 10.2. The molecule has 0 radical (unpaired) electrons. The van der Waals surface area contributed by atoms with Crippen LogP contribution >= 0.6 is 0 Å². The lowest BCUT2D eigenvalue weighted by Crippen LogP contribution is -2.17. The smallest absolute Gasteiger partial charge is 0.0966 e. The summed E-state index contributed by atoms with van der Waals surface area (Å²) in [5.74, 6) is 0. The van der Waals surface area contributed by atoms with E-state index in [1.54, 1.807) is 6.20 Å². The van der Waals surface area contributed by atoms with Crippen LogP contribution in [0.25, 0.3) is 10.9 Å². The van der Waals surface area contributed by atoms with Gasteiger partial charge in [0.2, 0.25) is 0 Å². The van der Waals surface area contributed by atoms with Crippen molar-refractivity contribution in [2.45, 2.75) is 6.54 Å². The molecule has 3 aromatic heterocycles. The van der Waals surface area contributed by atoms with Gasteiger partial charge in [-0.3, -0.25) is 15.0 Å². The highest BCUT2D eigenvalue weighted by atomic mass is 15.1. The van der Waals surface area contributed by atoms with Gasteiger partial charge in [0, 0.05) is 31.0 Å². The van der Waals surface area contributed by atoms with Crippen molar-refractivity contribution >= 4 is 16.6 Å². The summed E-state index contributed by atoms with van der Waals surface area (Å²) in [6.45, 7) is 0.734. The predicted octanol–water partition coefficient (Wildman–Crippen LogP) is 2.66. The molecule has 0 bridgehead atoms. The summed E-state index contributed by atoms with van der Waals surface area (Å²) < 4.78 is 0. The Morgan fingerprint density at radius 3 is 2.74 bits per heavy atom. The SMILES string of the molecule is CN(Cc1ccccn1)c1cncc2cccnc12. The molecule has 0 aliphatic carbocycles. The molecule has 3 aromatic rings. The molecule has 94 valence electrons. The van der Waals surface area contributed by atoms with Crippen LogP contribution in [0.3, 0.4) is 0 Å². The van der Waals surface area contributed by atoms with E-state index >= 15 is 0 Å². The van der Waals surface area contributed by atoms with Crippen LogP contribution in [0.5, 0.6) is 0 Å². The summed E-state index contributed by atoms with van der Waals surface area (Å²) in [7, 11) is 2.03. The Morgan fingerprint density at radius 2 is 1.89 bits per heavy atom. The third-order valence-electron chi connectivity index (χ3n) is 3.03. The fourth-order valence-electron chi connectivity index (χ4n) is 2.08. The summed E-state index contributed by atoms with van der Waals surface area (Å²) >= 11 is 0. The molecule has 4 nitrogen and oxygen atoms in total. The number of aromatic nitrogens is 3. The number of anilines is 1. The maximum Gasteiger partial charge on any atom is 0.0966 e. The lowest BCUT2D eigenvalue weighted by molar-refractivity contribution is 0.884. The van der Waals surface area contributed by atoms with Gasteiger partial charge in [0.1, 0.15) is 0 Å². The van der Waals surface area contributed by atoms with Crippen molar-refractivity contribution in [3.8, 4) is 0 Å². The Kier molecular flexibility index (Phi) is 3.06. The minimum atomic E-state index is 0.734.